The Morgan fingerprint density at radius 1 is 0.353 bits per heavy atom. The topological polar surface area (TPSA) is 38.7 Å². The number of hydrogen-bond acceptors (Lipinski definition) is 3. The molecule has 9 aromatic rings. The quantitative estimate of drug-likeness (QED) is 0.140. The summed E-state index contributed by atoms with van der Waals surface area (Å²) in [4.78, 5) is 16.1. The third kappa shape index (κ3) is 4.62. The van der Waals surface area contributed by atoms with Crippen molar-refractivity contribution >= 4 is 32.3 Å². The second kappa shape index (κ2) is 11.3. The van der Waals surface area contributed by atoms with E-state index in [1.807, 2.05) is 6.07 Å². The summed E-state index contributed by atoms with van der Waals surface area (Å²) in [7, 11) is 0. The first-order valence-corrected chi connectivity index (χ1v) is 17.5. The minimum absolute atomic E-state index is 0.145. The maximum atomic E-state index is 5.38. The molecule has 0 radical (unpaired) electrons. The van der Waals surface area contributed by atoms with Gasteiger partial charge in [0.15, 0.2) is 17.5 Å². The number of nitrogens with zero attached hydrogens (tertiary/aromatic N) is 3. The van der Waals surface area contributed by atoms with Gasteiger partial charge in [0.25, 0.3) is 0 Å². The van der Waals surface area contributed by atoms with Crippen molar-refractivity contribution in [3.8, 4) is 56.4 Å². The molecule has 0 saturated heterocycles. The van der Waals surface area contributed by atoms with Crippen molar-refractivity contribution in [2.24, 2.45) is 0 Å². The van der Waals surface area contributed by atoms with Crippen molar-refractivity contribution in [3.63, 3.8) is 0 Å². The van der Waals surface area contributed by atoms with Crippen LogP contribution >= 0.6 is 0 Å². The smallest absolute Gasteiger partial charge is 0.165 e. The average molecular weight is 652 g/mol. The van der Waals surface area contributed by atoms with Crippen molar-refractivity contribution in [1.82, 2.24) is 15.0 Å². The van der Waals surface area contributed by atoms with Gasteiger partial charge in [0.1, 0.15) is 0 Å². The molecule has 0 bridgehead atoms. The van der Waals surface area contributed by atoms with Gasteiger partial charge in [0, 0.05) is 22.1 Å². The first-order chi connectivity index (χ1) is 25.0. The highest BCUT2D eigenvalue weighted by atomic mass is 15.0. The van der Waals surface area contributed by atoms with Gasteiger partial charge in [-0.25, -0.2) is 15.0 Å². The van der Waals surface area contributed by atoms with Gasteiger partial charge in [-0.2, -0.15) is 0 Å². The van der Waals surface area contributed by atoms with Crippen molar-refractivity contribution in [1.29, 1.82) is 0 Å². The third-order valence-electron chi connectivity index (χ3n) is 10.7. The maximum Gasteiger partial charge on any atom is 0.165 e. The van der Waals surface area contributed by atoms with Crippen molar-refractivity contribution < 1.29 is 0 Å². The van der Waals surface area contributed by atoms with Crippen LogP contribution in [-0.2, 0) is 5.41 Å². The lowest BCUT2D eigenvalue weighted by Crippen LogP contribution is -2.15. The Labute approximate surface area is 297 Å². The molecule has 0 saturated carbocycles. The van der Waals surface area contributed by atoms with Gasteiger partial charge in [-0.05, 0) is 77.8 Å². The number of aromatic nitrogens is 3. The minimum Gasteiger partial charge on any atom is -0.208 e. The number of fused-ring (bicyclic) bond motifs is 7. The van der Waals surface area contributed by atoms with Crippen molar-refractivity contribution in [2.75, 3.05) is 0 Å². The van der Waals surface area contributed by atoms with E-state index in [-0.39, 0.29) is 5.41 Å². The normalized spacial score (nSPS) is 13.1. The molecule has 1 aliphatic rings. The van der Waals surface area contributed by atoms with Gasteiger partial charge < -0.3 is 0 Å². The molecule has 0 fully saturated rings. The molecule has 0 unspecified atom stereocenters. The van der Waals surface area contributed by atoms with Gasteiger partial charge >= 0.3 is 0 Å². The predicted molar refractivity (Wildman–Crippen MR) is 212 cm³/mol. The van der Waals surface area contributed by atoms with Crippen LogP contribution in [0.5, 0.6) is 0 Å². The van der Waals surface area contributed by atoms with E-state index < -0.39 is 0 Å². The van der Waals surface area contributed by atoms with Crippen LogP contribution in [0.25, 0.3) is 88.7 Å². The van der Waals surface area contributed by atoms with Crippen LogP contribution in [0, 0.1) is 0 Å². The molecule has 10 rings (SSSR count). The molecule has 1 aromatic heterocycles. The molecule has 1 heterocycles. The summed E-state index contributed by atoms with van der Waals surface area (Å²) in [6.07, 6.45) is 0. The molecule has 0 atom stereocenters. The van der Waals surface area contributed by atoms with Crippen LogP contribution in [0.15, 0.2) is 164 Å². The molecule has 8 aromatic carbocycles. The monoisotopic (exact) mass is 651 g/mol. The van der Waals surface area contributed by atoms with E-state index in [0.29, 0.717) is 17.5 Å². The van der Waals surface area contributed by atoms with Gasteiger partial charge in [-0.15, -0.1) is 0 Å². The second-order valence-corrected chi connectivity index (χ2v) is 14.0. The summed E-state index contributed by atoms with van der Waals surface area (Å²) in [5.41, 5.74) is 10.2. The lowest BCUT2D eigenvalue weighted by Gasteiger charge is -2.22. The van der Waals surface area contributed by atoms with Gasteiger partial charge in [0.2, 0.25) is 0 Å². The van der Waals surface area contributed by atoms with Gasteiger partial charge in [0.05, 0.1) is 0 Å². The Morgan fingerprint density at radius 3 is 1.82 bits per heavy atom. The summed E-state index contributed by atoms with van der Waals surface area (Å²) in [6.45, 7) is 4.63. The number of hydrogen-bond donors (Lipinski definition) is 0. The molecule has 0 aliphatic heterocycles. The van der Waals surface area contributed by atoms with E-state index >= 15 is 0 Å². The van der Waals surface area contributed by atoms with Crippen molar-refractivity contribution in [3.05, 3.63) is 175 Å². The average Bonchev–Trinajstić information content (AvgIpc) is 3.42. The Kier molecular flexibility index (Phi) is 6.53. The van der Waals surface area contributed by atoms with E-state index in [1.54, 1.807) is 0 Å². The fourth-order valence-electron chi connectivity index (χ4n) is 8.19. The van der Waals surface area contributed by atoms with Crippen LogP contribution in [0.4, 0.5) is 0 Å². The van der Waals surface area contributed by atoms with E-state index in [4.69, 9.17) is 15.0 Å². The fourth-order valence-corrected chi connectivity index (χ4v) is 8.19. The van der Waals surface area contributed by atoms with Crippen LogP contribution < -0.4 is 0 Å². The van der Waals surface area contributed by atoms with E-state index in [0.717, 1.165) is 44.0 Å². The minimum atomic E-state index is -0.145. The predicted octanol–water partition coefficient (Wildman–Crippen LogP) is 12.3. The SMILES string of the molecule is CC1(C)c2ccccc2-c2ccc(-c3nc(-c4ccccc4-c4ccccc4)nc(-c4c5ccccc5cc5c4ccc4ccccc45)n3)cc21. The summed E-state index contributed by atoms with van der Waals surface area (Å²) in [5, 5.41) is 7.00. The molecule has 3 nitrogen and oxygen atoms in total. The maximum absolute atomic E-state index is 5.38. The largest absolute Gasteiger partial charge is 0.208 e. The van der Waals surface area contributed by atoms with E-state index in [2.05, 4.69) is 172 Å². The van der Waals surface area contributed by atoms with Crippen LogP contribution in [-0.4, -0.2) is 15.0 Å². The summed E-state index contributed by atoms with van der Waals surface area (Å²) < 4.78 is 0. The summed E-state index contributed by atoms with van der Waals surface area (Å²) >= 11 is 0. The van der Waals surface area contributed by atoms with Crippen LogP contribution in [0.2, 0.25) is 0 Å². The zero-order valence-corrected chi connectivity index (χ0v) is 28.4. The van der Waals surface area contributed by atoms with Gasteiger partial charge in [-0.3, -0.25) is 0 Å². The first-order valence-electron chi connectivity index (χ1n) is 17.5. The van der Waals surface area contributed by atoms with Crippen LogP contribution in [0.1, 0.15) is 25.0 Å². The van der Waals surface area contributed by atoms with Gasteiger partial charge in [-0.1, -0.05) is 166 Å². The molecule has 1 aliphatic carbocycles. The Hall–Kier alpha value is -6.45. The molecule has 3 heteroatoms. The molecule has 0 N–H and O–H groups in total. The Balaban J connectivity index is 1.28. The molecular weight excluding hydrogens is 619 g/mol. The lowest BCUT2D eigenvalue weighted by molar-refractivity contribution is 0.660. The molecule has 0 amide bonds. The van der Waals surface area contributed by atoms with E-state index in [9.17, 15) is 0 Å². The van der Waals surface area contributed by atoms with E-state index in [1.165, 1.54) is 38.4 Å². The Bertz CT molecular complexity index is 2830. The molecule has 0 spiro atoms. The van der Waals surface area contributed by atoms with Crippen molar-refractivity contribution in [2.45, 2.75) is 19.3 Å². The molecule has 240 valence electrons. The third-order valence-corrected chi connectivity index (χ3v) is 10.7. The van der Waals surface area contributed by atoms with Crippen LogP contribution in [0.3, 0.4) is 0 Å². The first kappa shape index (κ1) is 29.5. The molecular formula is C48H33N3. The highest BCUT2D eigenvalue weighted by Crippen LogP contribution is 2.49. The lowest BCUT2D eigenvalue weighted by atomic mass is 9.82. The second-order valence-electron chi connectivity index (χ2n) is 14.0. The zero-order valence-electron chi connectivity index (χ0n) is 28.4. The number of benzene rings is 8. The highest BCUT2D eigenvalue weighted by Gasteiger charge is 2.35. The summed E-state index contributed by atoms with van der Waals surface area (Å²) in [6, 6.07) is 58.4. The highest BCUT2D eigenvalue weighted by molar-refractivity contribution is 6.19. The number of rotatable bonds is 4. The fraction of sp³-hybridized carbons (Fsp3) is 0.0625. The Morgan fingerprint density at radius 2 is 0.980 bits per heavy atom. The standard InChI is InChI=1S/C48H33N3/c1-48(2)42-23-13-12-21-37(42)38-26-25-33(29-43(38)48)45-49-46(40-22-11-10-18-34(40)30-14-4-3-5-15-30)51-47(50-45)44-36-20-9-7-17-32(36)28-41-35-19-8-6-16-31(35)24-27-39(41)44/h3-29H,1-2H3. The summed E-state index contributed by atoms with van der Waals surface area (Å²) in [5.74, 6) is 1.98. The zero-order chi connectivity index (χ0) is 34.1. The molecule has 51 heavy (non-hydrogen) atoms.